The summed E-state index contributed by atoms with van der Waals surface area (Å²) in [6.45, 7) is 6.70. The highest BCUT2D eigenvalue weighted by Crippen LogP contribution is 2.34. The molecule has 74 valence electrons. The third-order valence-electron chi connectivity index (χ3n) is 2.24. The first-order chi connectivity index (χ1) is 5.58. The summed E-state index contributed by atoms with van der Waals surface area (Å²) >= 11 is 0. The molecule has 0 aliphatic rings. The highest BCUT2D eigenvalue weighted by molar-refractivity contribution is 6.48. The highest BCUT2D eigenvalue weighted by atomic mass is 28.3. The molecule has 0 atom stereocenters. The summed E-state index contributed by atoms with van der Waals surface area (Å²) in [5.41, 5.74) is 0. The van der Waals surface area contributed by atoms with Crippen LogP contribution in [0.3, 0.4) is 0 Å². The van der Waals surface area contributed by atoms with Crippen LogP contribution in [-0.4, -0.2) is 23.5 Å². The van der Waals surface area contributed by atoms with Gasteiger partial charge in [-0.05, 0) is 6.42 Å². The molecule has 0 saturated heterocycles. The van der Waals surface area contributed by atoms with E-state index >= 15 is 0 Å². The Balaban J connectivity index is 3.96. The van der Waals surface area contributed by atoms with Crippen molar-refractivity contribution in [3.05, 3.63) is 0 Å². The molecule has 3 heteroatoms. The van der Waals surface area contributed by atoms with Crippen LogP contribution in [0.1, 0.15) is 40.0 Å². The molecule has 0 unspecified atom stereocenters. The van der Waals surface area contributed by atoms with Gasteiger partial charge in [0.1, 0.15) is 0 Å². The molecule has 0 aromatic carbocycles. The first kappa shape index (κ1) is 12.1. The molecule has 0 aromatic rings. The largest absolute Gasteiger partial charge is 0.400 e. The topological polar surface area (TPSA) is 18.5 Å². The maximum atomic E-state index is 5.38. The maximum absolute atomic E-state index is 5.38. The zero-order valence-electron chi connectivity index (χ0n) is 9.02. The Morgan fingerprint density at radius 2 is 1.67 bits per heavy atom. The van der Waals surface area contributed by atoms with Crippen molar-refractivity contribution in [3.8, 4) is 0 Å². The molecule has 12 heavy (non-hydrogen) atoms. The van der Waals surface area contributed by atoms with Crippen LogP contribution in [0, 0.1) is 0 Å². The SMILES string of the molecule is CCCCC(C)(C)[SiH](OC)OC. The van der Waals surface area contributed by atoms with Gasteiger partial charge < -0.3 is 8.85 Å². The average Bonchev–Trinajstić information content (AvgIpc) is 2.03. The quantitative estimate of drug-likeness (QED) is 0.599. The van der Waals surface area contributed by atoms with Gasteiger partial charge in [-0.15, -0.1) is 0 Å². The van der Waals surface area contributed by atoms with Crippen molar-refractivity contribution in [1.82, 2.24) is 0 Å². The van der Waals surface area contributed by atoms with E-state index in [0.29, 0.717) is 0 Å². The van der Waals surface area contributed by atoms with Crippen LogP contribution in [0.15, 0.2) is 0 Å². The zero-order chi connectivity index (χ0) is 9.61. The Bertz CT molecular complexity index is 111. The van der Waals surface area contributed by atoms with Crippen molar-refractivity contribution in [2.24, 2.45) is 0 Å². The second-order valence-corrected chi connectivity index (χ2v) is 7.07. The van der Waals surface area contributed by atoms with Crippen molar-refractivity contribution in [3.63, 3.8) is 0 Å². The van der Waals surface area contributed by atoms with Gasteiger partial charge in [0.05, 0.1) is 0 Å². The van der Waals surface area contributed by atoms with Gasteiger partial charge in [-0.25, -0.2) is 0 Å². The summed E-state index contributed by atoms with van der Waals surface area (Å²) in [4.78, 5) is 0. The van der Waals surface area contributed by atoms with E-state index in [1.54, 1.807) is 14.2 Å². The number of hydrogen-bond acceptors (Lipinski definition) is 2. The van der Waals surface area contributed by atoms with Crippen LogP contribution in [0.25, 0.3) is 0 Å². The highest BCUT2D eigenvalue weighted by Gasteiger charge is 2.31. The van der Waals surface area contributed by atoms with E-state index in [-0.39, 0.29) is 5.04 Å². The van der Waals surface area contributed by atoms with Gasteiger partial charge in [0.25, 0.3) is 0 Å². The lowest BCUT2D eigenvalue weighted by molar-refractivity contribution is 0.242. The van der Waals surface area contributed by atoms with Gasteiger partial charge in [-0.2, -0.15) is 0 Å². The van der Waals surface area contributed by atoms with Crippen LogP contribution >= 0.6 is 0 Å². The fourth-order valence-electron chi connectivity index (χ4n) is 1.48. The standard InChI is InChI=1S/C9H22O2Si/c1-6-7-8-9(2,3)12(10-4)11-5/h12H,6-8H2,1-5H3. The number of hydrogen-bond donors (Lipinski definition) is 0. The fourth-order valence-corrected chi connectivity index (χ4v) is 3.39. The second kappa shape index (κ2) is 5.73. The van der Waals surface area contributed by atoms with Gasteiger partial charge in [-0.3, -0.25) is 0 Å². The van der Waals surface area contributed by atoms with Crippen molar-refractivity contribution in [1.29, 1.82) is 0 Å². The monoisotopic (exact) mass is 190 g/mol. The molecular weight excluding hydrogens is 168 g/mol. The van der Waals surface area contributed by atoms with Crippen molar-refractivity contribution in [2.75, 3.05) is 14.2 Å². The van der Waals surface area contributed by atoms with Gasteiger partial charge >= 0.3 is 9.28 Å². The van der Waals surface area contributed by atoms with E-state index in [9.17, 15) is 0 Å². The molecule has 0 spiro atoms. The average molecular weight is 190 g/mol. The Labute approximate surface area is 78.1 Å². The van der Waals surface area contributed by atoms with Crippen LogP contribution in [0.4, 0.5) is 0 Å². The van der Waals surface area contributed by atoms with E-state index < -0.39 is 9.28 Å². The fraction of sp³-hybridized carbons (Fsp3) is 1.00. The molecule has 0 aliphatic heterocycles. The van der Waals surface area contributed by atoms with Crippen molar-refractivity contribution in [2.45, 2.75) is 45.1 Å². The van der Waals surface area contributed by atoms with Gasteiger partial charge in [0.15, 0.2) is 0 Å². The van der Waals surface area contributed by atoms with Crippen LogP contribution in [-0.2, 0) is 8.85 Å². The Morgan fingerprint density at radius 1 is 1.17 bits per heavy atom. The molecule has 0 fully saturated rings. The lowest BCUT2D eigenvalue weighted by Gasteiger charge is -2.29. The first-order valence-electron chi connectivity index (χ1n) is 4.64. The molecule has 0 amide bonds. The minimum Gasteiger partial charge on any atom is -0.400 e. The van der Waals surface area contributed by atoms with Gasteiger partial charge in [-0.1, -0.05) is 33.6 Å². The van der Waals surface area contributed by atoms with Crippen LogP contribution in [0.5, 0.6) is 0 Å². The maximum Gasteiger partial charge on any atom is 0.326 e. The lowest BCUT2D eigenvalue weighted by Crippen LogP contribution is -2.32. The molecule has 0 radical (unpaired) electrons. The lowest BCUT2D eigenvalue weighted by atomic mass is 10.1. The molecule has 0 aromatic heterocycles. The van der Waals surface area contributed by atoms with Crippen molar-refractivity contribution >= 4 is 9.28 Å². The third-order valence-corrected chi connectivity index (χ3v) is 4.66. The molecule has 0 N–H and O–H groups in total. The molecule has 0 aliphatic carbocycles. The van der Waals surface area contributed by atoms with E-state index in [2.05, 4.69) is 20.8 Å². The van der Waals surface area contributed by atoms with E-state index in [1.807, 2.05) is 0 Å². The Hall–Kier alpha value is 0.137. The molecule has 2 nitrogen and oxygen atoms in total. The number of rotatable bonds is 6. The zero-order valence-corrected chi connectivity index (χ0v) is 10.2. The second-order valence-electron chi connectivity index (χ2n) is 3.90. The molecule has 0 rings (SSSR count). The molecular formula is C9H22O2Si. The van der Waals surface area contributed by atoms with E-state index in [4.69, 9.17) is 8.85 Å². The normalized spacial score (nSPS) is 12.5. The summed E-state index contributed by atoms with van der Waals surface area (Å²) in [5.74, 6) is 0. The minimum absolute atomic E-state index is 0.263. The smallest absolute Gasteiger partial charge is 0.326 e. The Kier molecular flexibility index (Phi) is 5.79. The van der Waals surface area contributed by atoms with Crippen molar-refractivity contribution < 1.29 is 8.85 Å². The predicted octanol–water partition coefficient (Wildman–Crippen LogP) is 2.47. The minimum atomic E-state index is -1.43. The summed E-state index contributed by atoms with van der Waals surface area (Å²) in [6.07, 6.45) is 3.73. The Morgan fingerprint density at radius 3 is 2.00 bits per heavy atom. The van der Waals surface area contributed by atoms with Gasteiger partial charge in [0, 0.05) is 19.3 Å². The van der Waals surface area contributed by atoms with Crippen LogP contribution < -0.4 is 0 Å². The molecule has 0 heterocycles. The van der Waals surface area contributed by atoms with E-state index in [1.165, 1.54) is 19.3 Å². The van der Waals surface area contributed by atoms with Crippen LogP contribution in [0.2, 0.25) is 5.04 Å². The molecule has 0 saturated carbocycles. The van der Waals surface area contributed by atoms with E-state index in [0.717, 1.165) is 0 Å². The first-order valence-corrected chi connectivity index (χ1v) is 6.16. The summed E-state index contributed by atoms with van der Waals surface area (Å²) in [5, 5.41) is 0.263. The third kappa shape index (κ3) is 3.69. The van der Waals surface area contributed by atoms with Gasteiger partial charge in [0.2, 0.25) is 0 Å². The predicted molar refractivity (Wildman–Crippen MR) is 54.7 cm³/mol. The summed E-state index contributed by atoms with van der Waals surface area (Å²) in [6, 6.07) is 0. The molecule has 0 bridgehead atoms. The summed E-state index contributed by atoms with van der Waals surface area (Å²) < 4.78 is 10.8. The number of unbranched alkanes of at least 4 members (excludes halogenated alkanes) is 1. The summed E-state index contributed by atoms with van der Waals surface area (Å²) in [7, 11) is 2.08.